The van der Waals surface area contributed by atoms with Gasteiger partial charge in [0, 0.05) is 44.3 Å². The summed E-state index contributed by atoms with van der Waals surface area (Å²) in [4.78, 5) is 31.3. The Morgan fingerprint density at radius 3 is 2.64 bits per heavy atom. The number of rotatable bonds is 10. The number of nitrogens with one attached hydrogen (secondary N) is 2. The quantitative estimate of drug-likeness (QED) is 0.242. The third-order valence-corrected chi connectivity index (χ3v) is 7.91. The van der Waals surface area contributed by atoms with Gasteiger partial charge in [-0.1, -0.05) is 30.3 Å². The number of amides is 1. The number of anilines is 1. The van der Waals surface area contributed by atoms with Crippen molar-refractivity contribution in [2.24, 2.45) is 0 Å². The van der Waals surface area contributed by atoms with Crippen LogP contribution in [0.2, 0.25) is 0 Å². The van der Waals surface area contributed by atoms with Crippen molar-refractivity contribution in [2.75, 3.05) is 71.9 Å². The highest BCUT2D eigenvalue weighted by Gasteiger charge is 2.29. The molecule has 1 fully saturated rings. The van der Waals surface area contributed by atoms with E-state index in [-0.39, 0.29) is 22.4 Å². The van der Waals surface area contributed by atoms with Gasteiger partial charge in [0.1, 0.15) is 16.8 Å². The van der Waals surface area contributed by atoms with E-state index in [1.807, 2.05) is 50.5 Å². The van der Waals surface area contributed by atoms with E-state index < -0.39 is 17.2 Å². The standard InChI is InChI=1S/C32H36FN5O4/c1-36(2)13-6-5-11-34-27-25(33)19-23-28-31(27)42-30-22-8-4-3-7-21(22)9-10-26(30)38(28)20-24(29(23)39)32(40)35-12-14-37-15-17-41-18-16-37/h3-4,7-10,19-20,34H,5-6,11-18H2,1-2H3,(H,35,40). The van der Waals surface area contributed by atoms with Gasteiger partial charge < -0.3 is 29.6 Å². The highest BCUT2D eigenvalue weighted by atomic mass is 19.1. The van der Waals surface area contributed by atoms with Crippen molar-refractivity contribution in [1.29, 1.82) is 0 Å². The fourth-order valence-corrected chi connectivity index (χ4v) is 5.69. The summed E-state index contributed by atoms with van der Waals surface area (Å²) in [6.45, 7) is 5.46. The van der Waals surface area contributed by atoms with E-state index in [1.165, 1.54) is 6.07 Å². The number of halogens is 1. The normalized spacial score (nSPS) is 14.7. The second-order valence-electron chi connectivity index (χ2n) is 11.1. The van der Waals surface area contributed by atoms with E-state index in [1.54, 1.807) is 10.8 Å². The van der Waals surface area contributed by atoms with Gasteiger partial charge in [-0.15, -0.1) is 0 Å². The fraction of sp³-hybridized carbons (Fsp3) is 0.375. The fourth-order valence-electron chi connectivity index (χ4n) is 5.69. The van der Waals surface area contributed by atoms with Gasteiger partial charge in [-0.2, -0.15) is 0 Å². The Balaban J connectivity index is 1.41. The summed E-state index contributed by atoms with van der Waals surface area (Å²) < 4.78 is 29.4. The zero-order valence-electron chi connectivity index (χ0n) is 24.0. The first kappa shape index (κ1) is 28.1. The number of ether oxygens (including phenoxy) is 2. The van der Waals surface area contributed by atoms with Crippen LogP contribution in [0.25, 0.3) is 27.4 Å². The number of hydrogen-bond donors (Lipinski definition) is 2. The molecule has 42 heavy (non-hydrogen) atoms. The number of nitrogens with zero attached hydrogens (tertiary/aromatic N) is 3. The third-order valence-electron chi connectivity index (χ3n) is 7.91. The Kier molecular flexibility index (Phi) is 8.10. The lowest BCUT2D eigenvalue weighted by molar-refractivity contribution is 0.0383. The van der Waals surface area contributed by atoms with E-state index in [0.29, 0.717) is 49.8 Å². The molecular formula is C32H36FN5O4. The van der Waals surface area contributed by atoms with Gasteiger partial charge in [-0.05, 0) is 51.0 Å². The van der Waals surface area contributed by atoms with Crippen molar-refractivity contribution < 1.29 is 18.7 Å². The van der Waals surface area contributed by atoms with Gasteiger partial charge in [-0.25, -0.2) is 4.39 Å². The maximum absolute atomic E-state index is 15.8. The molecule has 3 aromatic carbocycles. The summed E-state index contributed by atoms with van der Waals surface area (Å²) in [5.41, 5.74) is 0.750. The number of morpholine rings is 1. The number of carbonyl (C=O) groups excluding carboxylic acids is 1. The maximum atomic E-state index is 15.8. The summed E-state index contributed by atoms with van der Waals surface area (Å²) in [7, 11) is 4.04. The van der Waals surface area contributed by atoms with E-state index in [2.05, 4.69) is 20.4 Å². The molecule has 10 heteroatoms. The molecule has 0 bridgehead atoms. The maximum Gasteiger partial charge on any atom is 0.256 e. The lowest BCUT2D eigenvalue weighted by Gasteiger charge is -2.27. The molecule has 2 aliphatic rings. The number of hydrogen-bond acceptors (Lipinski definition) is 7. The van der Waals surface area contributed by atoms with Crippen LogP contribution in [0.1, 0.15) is 23.2 Å². The molecule has 3 heterocycles. The third kappa shape index (κ3) is 5.45. The molecule has 0 radical (unpaired) electrons. The highest BCUT2D eigenvalue weighted by molar-refractivity contribution is 6.03. The van der Waals surface area contributed by atoms with Crippen LogP contribution >= 0.6 is 0 Å². The average Bonchev–Trinajstić information content (AvgIpc) is 2.99. The van der Waals surface area contributed by atoms with Gasteiger partial charge in [0.25, 0.3) is 5.91 Å². The van der Waals surface area contributed by atoms with Crippen LogP contribution < -0.4 is 20.8 Å². The van der Waals surface area contributed by atoms with Crippen LogP contribution in [0.15, 0.2) is 53.5 Å². The molecule has 4 aromatic rings. The summed E-state index contributed by atoms with van der Waals surface area (Å²) in [5, 5.41) is 8.03. The van der Waals surface area contributed by atoms with Crippen molar-refractivity contribution in [3.05, 3.63) is 70.3 Å². The van der Waals surface area contributed by atoms with Crippen LogP contribution in [-0.2, 0) is 4.74 Å². The molecule has 1 aromatic heterocycles. The molecule has 2 N–H and O–H groups in total. The Morgan fingerprint density at radius 2 is 1.83 bits per heavy atom. The minimum atomic E-state index is -0.595. The first-order valence-corrected chi connectivity index (χ1v) is 14.5. The summed E-state index contributed by atoms with van der Waals surface area (Å²) >= 11 is 0. The zero-order chi connectivity index (χ0) is 29.2. The minimum absolute atomic E-state index is 0.0415. The molecule has 220 valence electrons. The molecule has 0 spiro atoms. The van der Waals surface area contributed by atoms with Crippen LogP contribution in [-0.4, -0.2) is 86.9 Å². The van der Waals surface area contributed by atoms with Gasteiger partial charge in [0.15, 0.2) is 17.3 Å². The van der Waals surface area contributed by atoms with Gasteiger partial charge in [0.05, 0.1) is 24.3 Å². The van der Waals surface area contributed by atoms with Crippen LogP contribution in [0.4, 0.5) is 10.1 Å². The number of aromatic nitrogens is 1. The molecule has 6 rings (SSSR count). The molecule has 2 aliphatic heterocycles. The molecule has 1 saturated heterocycles. The predicted octanol–water partition coefficient (Wildman–Crippen LogP) is 4.20. The Labute approximate surface area is 243 Å². The summed E-state index contributed by atoms with van der Waals surface area (Å²) in [6.07, 6.45) is 3.35. The van der Waals surface area contributed by atoms with Crippen molar-refractivity contribution in [3.63, 3.8) is 0 Å². The monoisotopic (exact) mass is 573 g/mol. The van der Waals surface area contributed by atoms with Crippen molar-refractivity contribution in [1.82, 2.24) is 19.7 Å². The second-order valence-corrected chi connectivity index (χ2v) is 11.1. The highest BCUT2D eigenvalue weighted by Crippen LogP contribution is 2.47. The topological polar surface area (TPSA) is 88.1 Å². The predicted molar refractivity (Wildman–Crippen MR) is 163 cm³/mol. The summed E-state index contributed by atoms with van der Waals surface area (Å²) in [6, 6.07) is 12.9. The molecule has 1 amide bonds. The smallest absolute Gasteiger partial charge is 0.256 e. The van der Waals surface area contributed by atoms with E-state index >= 15 is 4.39 Å². The Hall–Kier alpha value is -3.99. The molecule has 0 atom stereocenters. The molecule has 0 saturated carbocycles. The van der Waals surface area contributed by atoms with Crippen molar-refractivity contribution in [3.8, 4) is 17.2 Å². The molecule has 0 aliphatic carbocycles. The van der Waals surface area contributed by atoms with Crippen LogP contribution in [0.3, 0.4) is 0 Å². The lowest BCUT2D eigenvalue weighted by Crippen LogP contribution is -2.42. The van der Waals surface area contributed by atoms with Gasteiger partial charge in [0.2, 0.25) is 5.43 Å². The second kappa shape index (κ2) is 12.1. The number of fused-ring (bicyclic) bond motifs is 4. The number of benzene rings is 3. The van der Waals surface area contributed by atoms with E-state index in [4.69, 9.17) is 9.47 Å². The lowest BCUT2D eigenvalue weighted by atomic mass is 10.0. The van der Waals surface area contributed by atoms with E-state index in [0.717, 1.165) is 43.2 Å². The summed E-state index contributed by atoms with van der Waals surface area (Å²) in [5.74, 6) is -0.288. The van der Waals surface area contributed by atoms with Crippen molar-refractivity contribution in [2.45, 2.75) is 12.8 Å². The number of unbranched alkanes of at least 4 members (excludes halogenated alkanes) is 1. The van der Waals surface area contributed by atoms with Crippen molar-refractivity contribution >= 4 is 33.3 Å². The van der Waals surface area contributed by atoms with Gasteiger partial charge >= 0.3 is 0 Å². The van der Waals surface area contributed by atoms with Gasteiger partial charge in [-0.3, -0.25) is 14.5 Å². The molecule has 0 unspecified atom stereocenters. The molecule has 9 nitrogen and oxygen atoms in total. The zero-order valence-corrected chi connectivity index (χ0v) is 24.0. The largest absolute Gasteiger partial charge is 0.450 e. The van der Waals surface area contributed by atoms with Crippen LogP contribution in [0, 0.1) is 5.82 Å². The Morgan fingerprint density at radius 1 is 1.02 bits per heavy atom. The first-order chi connectivity index (χ1) is 20.4. The first-order valence-electron chi connectivity index (χ1n) is 14.5. The SMILES string of the molecule is CN(C)CCCCNc1c(F)cc2c(=O)c(C(=O)NCCN3CCOCC3)cn3c2c1Oc1c-3ccc2ccccc12. The number of pyridine rings is 1. The minimum Gasteiger partial charge on any atom is -0.450 e. The number of carbonyl (C=O) groups is 1. The molecular weight excluding hydrogens is 537 g/mol. The van der Waals surface area contributed by atoms with E-state index in [9.17, 15) is 9.59 Å². The Bertz CT molecular complexity index is 1700. The average molecular weight is 574 g/mol. The van der Waals surface area contributed by atoms with Crippen LogP contribution in [0.5, 0.6) is 11.5 Å².